The van der Waals surface area contributed by atoms with E-state index in [0.29, 0.717) is 11.3 Å². The van der Waals surface area contributed by atoms with Crippen LogP contribution in [0.3, 0.4) is 0 Å². The van der Waals surface area contributed by atoms with Crippen molar-refractivity contribution in [1.29, 1.82) is 0 Å². The van der Waals surface area contributed by atoms with Gasteiger partial charge in [-0.15, -0.1) is 0 Å². The Balaban J connectivity index is 2.84. The van der Waals surface area contributed by atoms with Gasteiger partial charge < -0.3 is 5.11 Å². The normalized spacial score (nSPS) is 9.00. The topological polar surface area (TPSA) is 115 Å². The summed E-state index contributed by atoms with van der Waals surface area (Å²) in [5, 5.41) is 13.4. The molecule has 7 nitrogen and oxygen atoms in total. The quantitative estimate of drug-likeness (QED) is 0.460. The summed E-state index contributed by atoms with van der Waals surface area (Å²) in [7, 11) is 0. The van der Waals surface area contributed by atoms with Crippen LogP contribution >= 0.6 is 0 Å². The van der Waals surface area contributed by atoms with Gasteiger partial charge in [0.15, 0.2) is 0 Å². The summed E-state index contributed by atoms with van der Waals surface area (Å²) in [6.07, 6.45) is -1.56. The molecular formula is C9H8N4O3. The van der Waals surface area contributed by atoms with E-state index in [4.69, 9.17) is 10.6 Å². The average Bonchev–Trinajstić information content (AvgIpc) is 2.20. The van der Waals surface area contributed by atoms with E-state index in [1.165, 1.54) is 0 Å². The van der Waals surface area contributed by atoms with E-state index >= 15 is 0 Å². The van der Waals surface area contributed by atoms with Gasteiger partial charge in [-0.3, -0.25) is 10.1 Å². The fourth-order valence-electron chi connectivity index (χ4n) is 1.14. The molecule has 0 aliphatic rings. The largest absolute Gasteiger partial charge is 0.465 e. The molecule has 0 unspecified atom stereocenters. The van der Waals surface area contributed by atoms with Crippen molar-refractivity contribution in [3.63, 3.8) is 0 Å². The third-order valence-corrected chi connectivity index (χ3v) is 1.74. The highest BCUT2D eigenvalue weighted by Crippen LogP contribution is 2.19. The lowest BCUT2D eigenvalue weighted by Crippen LogP contribution is -2.30. The second kappa shape index (κ2) is 5.38. The van der Waals surface area contributed by atoms with Crippen molar-refractivity contribution in [3.8, 4) is 0 Å². The molecule has 16 heavy (non-hydrogen) atoms. The third-order valence-electron chi connectivity index (χ3n) is 1.74. The number of benzene rings is 1. The van der Waals surface area contributed by atoms with Crippen molar-refractivity contribution in [2.24, 2.45) is 5.11 Å². The molecule has 7 heteroatoms. The highest BCUT2D eigenvalue weighted by atomic mass is 16.4. The van der Waals surface area contributed by atoms with Gasteiger partial charge in [0.05, 0.1) is 6.42 Å². The maximum Gasteiger partial charge on any atom is 0.411 e. The molecule has 0 radical (unpaired) electrons. The first-order valence-electron chi connectivity index (χ1n) is 4.29. The lowest BCUT2D eigenvalue weighted by atomic mass is 10.1. The van der Waals surface area contributed by atoms with Crippen LogP contribution in [0.5, 0.6) is 0 Å². The molecular weight excluding hydrogens is 212 g/mol. The van der Waals surface area contributed by atoms with E-state index in [1.54, 1.807) is 29.6 Å². The number of amides is 2. The minimum absolute atomic E-state index is 0.151. The number of nitrogens with zero attached hydrogens (tertiary/aromatic N) is 3. The van der Waals surface area contributed by atoms with Crippen LogP contribution in [0.2, 0.25) is 0 Å². The monoisotopic (exact) mass is 220 g/mol. The Labute approximate surface area is 90.3 Å². The van der Waals surface area contributed by atoms with Crippen molar-refractivity contribution in [2.45, 2.75) is 6.42 Å². The van der Waals surface area contributed by atoms with Crippen molar-refractivity contribution in [3.05, 3.63) is 40.3 Å². The van der Waals surface area contributed by atoms with Gasteiger partial charge in [-0.25, -0.2) is 4.79 Å². The standard InChI is InChI=1S/C9H8N4O3/c10-13-12-7-4-2-1-3-6(7)5-8(14)11-9(15)16/h1-4H,5H2,(H,11,14)(H,15,16). The second-order valence-corrected chi connectivity index (χ2v) is 2.85. The van der Waals surface area contributed by atoms with Crippen LogP contribution in [-0.2, 0) is 11.2 Å². The Morgan fingerprint density at radius 2 is 2.12 bits per heavy atom. The molecule has 0 fully saturated rings. The highest BCUT2D eigenvalue weighted by molar-refractivity contribution is 5.92. The van der Waals surface area contributed by atoms with Crippen LogP contribution in [0.25, 0.3) is 10.4 Å². The predicted octanol–water partition coefficient (Wildman–Crippen LogP) is 1.97. The van der Waals surface area contributed by atoms with Gasteiger partial charge in [-0.1, -0.05) is 29.4 Å². The maximum atomic E-state index is 11.2. The second-order valence-electron chi connectivity index (χ2n) is 2.85. The van der Waals surface area contributed by atoms with Crippen molar-refractivity contribution in [1.82, 2.24) is 5.32 Å². The fourth-order valence-corrected chi connectivity index (χ4v) is 1.14. The van der Waals surface area contributed by atoms with Gasteiger partial charge in [0.1, 0.15) is 0 Å². The lowest BCUT2D eigenvalue weighted by Gasteiger charge is -2.03. The van der Waals surface area contributed by atoms with Crippen LogP contribution in [0.4, 0.5) is 10.5 Å². The van der Waals surface area contributed by atoms with Crippen LogP contribution in [0.15, 0.2) is 29.4 Å². The molecule has 0 aliphatic carbocycles. The summed E-state index contributed by atoms with van der Waals surface area (Å²) in [6, 6.07) is 6.46. The van der Waals surface area contributed by atoms with Gasteiger partial charge in [0.2, 0.25) is 5.91 Å². The number of azide groups is 1. The Morgan fingerprint density at radius 3 is 2.75 bits per heavy atom. The number of carbonyl (C=O) groups is 2. The zero-order valence-corrected chi connectivity index (χ0v) is 8.12. The first-order chi connectivity index (χ1) is 7.63. The molecule has 2 amide bonds. The molecule has 2 N–H and O–H groups in total. The first-order valence-corrected chi connectivity index (χ1v) is 4.29. The molecule has 0 spiro atoms. The van der Waals surface area contributed by atoms with E-state index in [9.17, 15) is 9.59 Å². The smallest absolute Gasteiger partial charge is 0.411 e. The predicted molar refractivity (Wildman–Crippen MR) is 55.1 cm³/mol. The number of carbonyl (C=O) groups excluding carboxylic acids is 1. The summed E-state index contributed by atoms with van der Waals surface area (Å²) >= 11 is 0. The van der Waals surface area contributed by atoms with Crippen molar-refractivity contribution >= 4 is 17.7 Å². The third kappa shape index (κ3) is 3.32. The molecule has 0 saturated heterocycles. The Kier molecular flexibility index (Phi) is 3.88. The van der Waals surface area contributed by atoms with Gasteiger partial charge in [0.25, 0.3) is 0 Å². The molecule has 0 aliphatic heterocycles. The summed E-state index contributed by atoms with van der Waals surface area (Å²) in [5.41, 5.74) is 9.07. The molecule has 0 saturated carbocycles. The Bertz CT molecular complexity index is 466. The van der Waals surface area contributed by atoms with Gasteiger partial charge >= 0.3 is 6.09 Å². The maximum absolute atomic E-state index is 11.2. The Morgan fingerprint density at radius 1 is 1.44 bits per heavy atom. The molecule has 0 bridgehead atoms. The molecule has 1 aromatic rings. The fraction of sp³-hybridized carbons (Fsp3) is 0.111. The number of rotatable bonds is 3. The van der Waals surface area contributed by atoms with Crippen molar-refractivity contribution < 1.29 is 14.7 Å². The average molecular weight is 220 g/mol. The van der Waals surface area contributed by atoms with Crippen LogP contribution < -0.4 is 5.32 Å². The number of carboxylic acid groups (broad SMARTS) is 1. The number of nitrogens with one attached hydrogen (secondary N) is 1. The summed E-state index contributed by atoms with van der Waals surface area (Å²) < 4.78 is 0. The lowest BCUT2D eigenvalue weighted by molar-refractivity contribution is -0.119. The number of imide groups is 1. The minimum Gasteiger partial charge on any atom is -0.465 e. The molecule has 1 rings (SSSR count). The summed E-state index contributed by atoms with van der Waals surface area (Å²) in [4.78, 5) is 24.0. The Hall–Kier alpha value is -2.53. The SMILES string of the molecule is [N-]=[N+]=Nc1ccccc1CC(=O)NC(=O)O. The van der Waals surface area contributed by atoms with Crippen LogP contribution in [0, 0.1) is 0 Å². The highest BCUT2D eigenvalue weighted by Gasteiger charge is 2.08. The van der Waals surface area contributed by atoms with Crippen molar-refractivity contribution in [2.75, 3.05) is 0 Å². The van der Waals surface area contributed by atoms with Crippen LogP contribution in [-0.4, -0.2) is 17.1 Å². The molecule has 1 aromatic carbocycles. The number of hydrogen-bond donors (Lipinski definition) is 2. The van der Waals surface area contributed by atoms with Gasteiger partial charge in [0, 0.05) is 10.6 Å². The molecule has 0 aromatic heterocycles. The summed E-state index contributed by atoms with van der Waals surface area (Å²) in [5.74, 6) is -0.673. The zero-order valence-electron chi connectivity index (χ0n) is 8.12. The molecule has 82 valence electrons. The first kappa shape index (κ1) is 11.5. The zero-order chi connectivity index (χ0) is 12.0. The molecule has 0 atom stereocenters. The van der Waals surface area contributed by atoms with Gasteiger partial charge in [-0.2, -0.15) is 0 Å². The van der Waals surface area contributed by atoms with Gasteiger partial charge in [-0.05, 0) is 11.1 Å². The minimum atomic E-state index is -1.41. The van der Waals surface area contributed by atoms with E-state index in [2.05, 4.69) is 10.0 Å². The van der Waals surface area contributed by atoms with Crippen LogP contribution in [0.1, 0.15) is 5.56 Å². The summed E-state index contributed by atoms with van der Waals surface area (Å²) in [6.45, 7) is 0. The molecule has 0 heterocycles. The van der Waals surface area contributed by atoms with E-state index in [-0.39, 0.29) is 6.42 Å². The van der Waals surface area contributed by atoms with E-state index in [1.807, 2.05) is 0 Å². The van der Waals surface area contributed by atoms with E-state index in [0.717, 1.165) is 0 Å². The number of hydrogen-bond acceptors (Lipinski definition) is 3. The van der Waals surface area contributed by atoms with E-state index < -0.39 is 12.0 Å².